The van der Waals surface area contributed by atoms with Gasteiger partial charge in [0, 0.05) is 17.8 Å². The number of nitrogens with one attached hydrogen (secondary N) is 2. The van der Waals surface area contributed by atoms with Crippen LogP contribution in [-0.4, -0.2) is 27.1 Å². The summed E-state index contributed by atoms with van der Waals surface area (Å²) >= 11 is 0. The number of rotatable bonds is 5. The molecule has 0 aromatic carbocycles. The summed E-state index contributed by atoms with van der Waals surface area (Å²) in [5.74, 6) is -0.368. The minimum atomic E-state index is -1.01. The molecule has 0 bridgehead atoms. The van der Waals surface area contributed by atoms with Crippen molar-refractivity contribution in [1.29, 1.82) is 0 Å². The summed E-state index contributed by atoms with van der Waals surface area (Å²) in [6.45, 7) is 5.67. The first-order chi connectivity index (χ1) is 8.45. The van der Waals surface area contributed by atoms with E-state index in [0.717, 1.165) is 11.3 Å². The molecule has 1 aromatic rings. The fourth-order valence-electron chi connectivity index (χ4n) is 1.49. The molecule has 7 heteroatoms. The predicted molar refractivity (Wildman–Crippen MR) is 67.0 cm³/mol. The van der Waals surface area contributed by atoms with Crippen LogP contribution in [0.25, 0.3) is 0 Å². The van der Waals surface area contributed by atoms with Crippen LogP contribution in [0.15, 0.2) is 11.4 Å². The Morgan fingerprint density at radius 3 is 2.83 bits per heavy atom. The van der Waals surface area contributed by atoms with E-state index >= 15 is 0 Å². The number of amidine groups is 1. The SMILES string of the molecule is CCC(C)(C(=O)NCc1cn[nH]c1C)C(N)=NO. The lowest BCUT2D eigenvalue weighted by atomic mass is 9.85. The first-order valence-electron chi connectivity index (χ1n) is 5.70. The van der Waals surface area contributed by atoms with Crippen LogP contribution >= 0.6 is 0 Å². The average Bonchev–Trinajstić information content (AvgIpc) is 2.79. The minimum Gasteiger partial charge on any atom is -0.409 e. The van der Waals surface area contributed by atoms with Crippen molar-refractivity contribution in [3.63, 3.8) is 0 Å². The van der Waals surface area contributed by atoms with Crippen LogP contribution in [0.5, 0.6) is 0 Å². The lowest BCUT2D eigenvalue weighted by molar-refractivity contribution is -0.127. The van der Waals surface area contributed by atoms with Gasteiger partial charge in [0.25, 0.3) is 0 Å². The van der Waals surface area contributed by atoms with Crippen LogP contribution in [0, 0.1) is 12.3 Å². The molecule has 100 valence electrons. The van der Waals surface area contributed by atoms with Gasteiger partial charge in [-0.3, -0.25) is 9.89 Å². The fraction of sp³-hybridized carbons (Fsp3) is 0.545. The number of aromatic nitrogens is 2. The van der Waals surface area contributed by atoms with Gasteiger partial charge in [-0.2, -0.15) is 5.10 Å². The van der Waals surface area contributed by atoms with Crippen LogP contribution in [0.3, 0.4) is 0 Å². The molecule has 0 aliphatic heterocycles. The maximum Gasteiger partial charge on any atom is 0.233 e. The summed E-state index contributed by atoms with van der Waals surface area (Å²) in [5, 5.41) is 21.1. The Balaban J connectivity index is 2.73. The molecule has 0 saturated carbocycles. The second-order valence-corrected chi connectivity index (χ2v) is 4.37. The Hall–Kier alpha value is -2.05. The molecule has 7 nitrogen and oxygen atoms in total. The van der Waals surface area contributed by atoms with Gasteiger partial charge in [0.2, 0.25) is 5.91 Å². The summed E-state index contributed by atoms with van der Waals surface area (Å²) in [4.78, 5) is 12.1. The largest absolute Gasteiger partial charge is 0.409 e. The Kier molecular flexibility index (Phi) is 4.30. The van der Waals surface area contributed by atoms with Crippen LogP contribution in [-0.2, 0) is 11.3 Å². The molecule has 1 atom stereocenters. The maximum atomic E-state index is 12.1. The van der Waals surface area contributed by atoms with E-state index in [1.807, 2.05) is 6.92 Å². The normalized spacial score (nSPS) is 15.2. The van der Waals surface area contributed by atoms with Crippen molar-refractivity contribution in [2.24, 2.45) is 16.3 Å². The van der Waals surface area contributed by atoms with Crippen molar-refractivity contribution < 1.29 is 10.0 Å². The zero-order valence-electron chi connectivity index (χ0n) is 10.8. The summed E-state index contributed by atoms with van der Waals surface area (Å²) in [5.41, 5.74) is 6.36. The third-order valence-electron chi connectivity index (χ3n) is 3.26. The van der Waals surface area contributed by atoms with Crippen LogP contribution in [0.2, 0.25) is 0 Å². The third kappa shape index (κ3) is 2.61. The van der Waals surface area contributed by atoms with Crippen LogP contribution in [0.4, 0.5) is 0 Å². The zero-order chi connectivity index (χ0) is 13.8. The molecular formula is C11H19N5O2. The molecule has 1 heterocycles. The molecule has 1 amide bonds. The van der Waals surface area contributed by atoms with E-state index < -0.39 is 5.41 Å². The Bertz CT molecular complexity index is 454. The molecule has 18 heavy (non-hydrogen) atoms. The Morgan fingerprint density at radius 1 is 1.72 bits per heavy atom. The number of carbonyl (C=O) groups is 1. The van der Waals surface area contributed by atoms with E-state index in [1.54, 1.807) is 20.0 Å². The van der Waals surface area contributed by atoms with Crippen LogP contribution < -0.4 is 11.1 Å². The van der Waals surface area contributed by atoms with Gasteiger partial charge in [0.1, 0.15) is 5.41 Å². The number of hydrogen-bond donors (Lipinski definition) is 4. The number of H-pyrrole nitrogens is 1. The Labute approximate surface area is 105 Å². The number of carbonyl (C=O) groups excluding carboxylic acids is 1. The van der Waals surface area contributed by atoms with Gasteiger partial charge in [0.15, 0.2) is 5.84 Å². The van der Waals surface area contributed by atoms with Crippen LogP contribution in [0.1, 0.15) is 31.5 Å². The second-order valence-electron chi connectivity index (χ2n) is 4.37. The number of aromatic amines is 1. The molecule has 1 rings (SSSR count). The van der Waals surface area contributed by atoms with E-state index in [2.05, 4.69) is 20.7 Å². The molecule has 5 N–H and O–H groups in total. The number of hydrogen-bond acceptors (Lipinski definition) is 4. The fourth-order valence-corrected chi connectivity index (χ4v) is 1.49. The van der Waals surface area contributed by atoms with Gasteiger partial charge in [0.05, 0.1) is 6.20 Å². The molecule has 0 saturated heterocycles. The van der Waals surface area contributed by atoms with Gasteiger partial charge in [-0.1, -0.05) is 12.1 Å². The number of amides is 1. The maximum absolute atomic E-state index is 12.1. The van der Waals surface area contributed by atoms with E-state index in [1.165, 1.54) is 0 Å². The summed E-state index contributed by atoms with van der Waals surface area (Å²) in [6, 6.07) is 0. The van der Waals surface area contributed by atoms with E-state index in [9.17, 15) is 4.79 Å². The molecule has 0 fully saturated rings. The molecule has 1 aromatic heterocycles. The first-order valence-corrected chi connectivity index (χ1v) is 5.70. The zero-order valence-corrected chi connectivity index (χ0v) is 10.8. The van der Waals surface area contributed by atoms with Crippen molar-refractivity contribution in [2.75, 3.05) is 0 Å². The highest BCUT2D eigenvalue weighted by Gasteiger charge is 2.36. The summed E-state index contributed by atoms with van der Waals surface area (Å²) < 4.78 is 0. The number of oxime groups is 1. The number of nitrogens with zero attached hydrogens (tertiary/aromatic N) is 2. The third-order valence-corrected chi connectivity index (χ3v) is 3.26. The van der Waals surface area contributed by atoms with E-state index in [4.69, 9.17) is 10.9 Å². The average molecular weight is 253 g/mol. The number of aryl methyl sites for hydroxylation is 1. The predicted octanol–water partition coefficient (Wildman–Crippen LogP) is 0.497. The van der Waals surface area contributed by atoms with Gasteiger partial charge in [-0.05, 0) is 20.3 Å². The molecule has 0 aliphatic rings. The molecule has 0 aliphatic carbocycles. The van der Waals surface area contributed by atoms with Gasteiger partial charge >= 0.3 is 0 Å². The van der Waals surface area contributed by atoms with E-state index in [0.29, 0.717) is 13.0 Å². The van der Waals surface area contributed by atoms with Gasteiger partial charge in [-0.25, -0.2) is 0 Å². The highest BCUT2D eigenvalue weighted by molar-refractivity contribution is 6.06. The first kappa shape index (κ1) is 14.0. The minimum absolute atomic E-state index is 0.0913. The number of nitrogens with two attached hydrogens (primary N) is 1. The molecule has 0 radical (unpaired) electrons. The van der Waals surface area contributed by atoms with Gasteiger partial charge < -0.3 is 16.3 Å². The Morgan fingerprint density at radius 2 is 2.39 bits per heavy atom. The smallest absolute Gasteiger partial charge is 0.233 e. The summed E-state index contributed by atoms with van der Waals surface area (Å²) in [6.07, 6.45) is 2.10. The van der Waals surface area contributed by atoms with Crippen molar-refractivity contribution in [3.8, 4) is 0 Å². The van der Waals surface area contributed by atoms with Crippen molar-refractivity contribution in [3.05, 3.63) is 17.5 Å². The second kappa shape index (κ2) is 5.52. The summed E-state index contributed by atoms with van der Waals surface area (Å²) in [7, 11) is 0. The molecular weight excluding hydrogens is 234 g/mol. The molecule has 1 unspecified atom stereocenters. The monoisotopic (exact) mass is 253 g/mol. The van der Waals surface area contributed by atoms with Crippen molar-refractivity contribution in [2.45, 2.75) is 33.7 Å². The standard InChI is InChI=1S/C11H19N5O2/c1-4-11(3,9(12)16-18)10(17)13-5-8-6-14-15-7(8)2/h6,18H,4-5H2,1-3H3,(H2,12,16)(H,13,17)(H,14,15). The quantitative estimate of drug-likeness (QED) is 0.264. The highest BCUT2D eigenvalue weighted by atomic mass is 16.4. The van der Waals surface area contributed by atoms with Gasteiger partial charge in [-0.15, -0.1) is 0 Å². The van der Waals surface area contributed by atoms with Crippen molar-refractivity contribution in [1.82, 2.24) is 15.5 Å². The highest BCUT2D eigenvalue weighted by Crippen LogP contribution is 2.21. The van der Waals surface area contributed by atoms with E-state index in [-0.39, 0.29) is 11.7 Å². The lowest BCUT2D eigenvalue weighted by Gasteiger charge is -2.25. The molecule has 0 spiro atoms. The lowest BCUT2D eigenvalue weighted by Crippen LogP contribution is -2.47. The topological polar surface area (TPSA) is 116 Å². The van der Waals surface area contributed by atoms with Crippen molar-refractivity contribution >= 4 is 11.7 Å².